The van der Waals surface area contributed by atoms with E-state index in [4.69, 9.17) is 0 Å². The molecule has 88 valence electrons. The highest BCUT2D eigenvalue weighted by atomic mass is 16.1. The average Bonchev–Trinajstić information content (AvgIpc) is 2.89. The molecule has 2 aromatic heterocycles. The maximum Gasteiger partial charge on any atom is 0.278 e. The molecule has 0 atom stereocenters. The van der Waals surface area contributed by atoms with E-state index < -0.39 is 0 Å². The highest BCUT2D eigenvalue weighted by Crippen LogP contribution is 2.13. The van der Waals surface area contributed by atoms with E-state index >= 15 is 0 Å². The van der Waals surface area contributed by atoms with Gasteiger partial charge in [-0.25, -0.2) is 4.98 Å². The largest absolute Gasteiger partial charge is 0.363 e. The number of imidazole rings is 1. The molecule has 0 saturated carbocycles. The van der Waals surface area contributed by atoms with Crippen molar-refractivity contribution in [2.75, 3.05) is 13.6 Å². The monoisotopic (exact) mass is 232 g/mol. The quantitative estimate of drug-likeness (QED) is 0.744. The van der Waals surface area contributed by atoms with Crippen molar-refractivity contribution in [1.29, 1.82) is 0 Å². The van der Waals surface area contributed by atoms with Gasteiger partial charge in [0.1, 0.15) is 5.84 Å². The molecule has 0 unspecified atom stereocenters. The number of amidine groups is 1. The molecule has 2 N–H and O–H groups in total. The summed E-state index contributed by atoms with van der Waals surface area (Å²) in [6.45, 7) is 0.994. The number of H-pyrrole nitrogens is 2. The number of nitrogens with one attached hydrogen (secondary N) is 2. The Labute approximate surface area is 96.6 Å². The summed E-state index contributed by atoms with van der Waals surface area (Å²) in [4.78, 5) is 31.6. The minimum Gasteiger partial charge on any atom is -0.363 e. The smallest absolute Gasteiger partial charge is 0.278 e. The minimum atomic E-state index is -0.243. The second-order valence-corrected chi connectivity index (χ2v) is 4.04. The van der Waals surface area contributed by atoms with E-state index in [9.17, 15) is 4.79 Å². The maximum absolute atomic E-state index is 11.7. The molecule has 0 bridgehead atoms. The third kappa shape index (κ3) is 1.69. The van der Waals surface area contributed by atoms with Crippen LogP contribution in [-0.2, 0) is 0 Å². The summed E-state index contributed by atoms with van der Waals surface area (Å²) in [5.41, 5.74) is 0.537. The summed E-state index contributed by atoms with van der Waals surface area (Å²) in [6, 6.07) is 0. The maximum atomic E-state index is 11.7. The van der Waals surface area contributed by atoms with Crippen molar-refractivity contribution >= 4 is 22.9 Å². The molecular formula is C10H12N6O. The van der Waals surface area contributed by atoms with Gasteiger partial charge in [0, 0.05) is 20.0 Å². The number of fused-ring (bicyclic) bond motifs is 1. The molecule has 1 saturated heterocycles. The van der Waals surface area contributed by atoms with Crippen LogP contribution in [0.25, 0.3) is 11.2 Å². The Morgan fingerprint density at radius 2 is 2.41 bits per heavy atom. The van der Waals surface area contributed by atoms with Crippen LogP contribution >= 0.6 is 0 Å². The summed E-state index contributed by atoms with van der Waals surface area (Å²) in [7, 11) is 1.98. The molecule has 7 heteroatoms. The molecule has 0 aromatic carbocycles. The first kappa shape index (κ1) is 10.0. The minimum absolute atomic E-state index is 0.243. The van der Waals surface area contributed by atoms with Crippen LogP contribution in [0, 0.1) is 0 Å². The van der Waals surface area contributed by atoms with Gasteiger partial charge in [0.05, 0.1) is 6.33 Å². The molecule has 1 fully saturated rings. The fourth-order valence-corrected chi connectivity index (χ4v) is 1.94. The lowest BCUT2D eigenvalue weighted by Crippen LogP contribution is -2.19. The van der Waals surface area contributed by atoms with Crippen LogP contribution in [0.3, 0.4) is 0 Å². The Bertz CT molecular complexity index is 640. The molecule has 3 rings (SSSR count). The summed E-state index contributed by atoms with van der Waals surface area (Å²) < 4.78 is 0. The fourth-order valence-electron chi connectivity index (χ4n) is 1.94. The summed E-state index contributed by atoms with van der Waals surface area (Å²) >= 11 is 0. The Balaban J connectivity index is 2.09. The van der Waals surface area contributed by atoms with Crippen molar-refractivity contribution in [3.63, 3.8) is 0 Å². The number of aliphatic imine (C=N–C) groups is 1. The van der Waals surface area contributed by atoms with Crippen LogP contribution < -0.4 is 5.56 Å². The van der Waals surface area contributed by atoms with Gasteiger partial charge >= 0.3 is 0 Å². The molecular weight excluding hydrogens is 220 g/mol. The van der Waals surface area contributed by atoms with Crippen LogP contribution in [0.2, 0.25) is 0 Å². The Morgan fingerprint density at radius 3 is 3.18 bits per heavy atom. The van der Waals surface area contributed by atoms with Crippen molar-refractivity contribution in [3.05, 3.63) is 16.7 Å². The van der Waals surface area contributed by atoms with Gasteiger partial charge in [0.25, 0.3) is 5.56 Å². The van der Waals surface area contributed by atoms with Crippen molar-refractivity contribution in [3.8, 4) is 0 Å². The molecule has 0 aliphatic carbocycles. The Hall–Kier alpha value is -2.18. The number of likely N-dealkylation sites (tertiary alicyclic amines) is 1. The standard InChI is InChI=1S/C10H12N6O/c1-16-4-2-3-6(16)13-10-14-8-7(9(17)15-10)11-5-12-8/h5H,2-4H2,1H3,(H2,11,12,14,15,17). The second kappa shape index (κ2) is 3.69. The molecule has 3 heterocycles. The van der Waals surface area contributed by atoms with Crippen molar-refractivity contribution in [2.24, 2.45) is 4.99 Å². The Morgan fingerprint density at radius 1 is 1.53 bits per heavy atom. The number of aromatic amines is 2. The van der Waals surface area contributed by atoms with Gasteiger partial charge in [0.2, 0.25) is 5.95 Å². The molecule has 0 spiro atoms. The van der Waals surface area contributed by atoms with Gasteiger partial charge in [-0.2, -0.15) is 9.98 Å². The van der Waals surface area contributed by atoms with E-state index in [0.717, 1.165) is 25.2 Å². The van der Waals surface area contributed by atoms with Gasteiger partial charge in [-0.3, -0.25) is 9.78 Å². The SMILES string of the molecule is CN1CCCC1=Nc1nc2nc[nH]c2c(=O)[nH]1. The fraction of sp³-hybridized carbons (Fsp3) is 0.400. The first-order valence-electron chi connectivity index (χ1n) is 5.46. The first-order valence-corrected chi connectivity index (χ1v) is 5.46. The number of aromatic nitrogens is 4. The van der Waals surface area contributed by atoms with Crippen molar-refractivity contribution < 1.29 is 0 Å². The van der Waals surface area contributed by atoms with Gasteiger partial charge in [-0.15, -0.1) is 0 Å². The van der Waals surface area contributed by atoms with Gasteiger partial charge in [0.15, 0.2) is 11.2 Å². The normalized spacial score (nSPS) is 18.4. The zero-order chi connectivity index (χ0) is 11.8. The lowest BCUT2D eigenvalue weighted by atomic mass is 10.4. The molecule has 0 radical (unpaired) electrons. The second-order valence-electron chi connectivity index (χ2n) is 4.04. The van der Waals surface area contributed by atoms with E-state index in [-0.39, 0.29) is 5.56 Å². The highest BCUT2D eigenvalue weighted by molar-refractivity contribution is 5.85. The van der Waals surface area contributed by atoms with Gasteiger partial charge in [-0.05, 0) is 6.42 Å². The number of hydrogen-bond donors (Lipinski definition) is 2. The average molecular weight is 232 g/mol. The van der Waals surface area contributed by atoms with E-state index in [1.807, 2.05) is 7.05 Å². The highest BCUT2D eigenvalue weighted by Gasteiger charge is 2.15. The number of rotatable bonds is 1. The lowest BCUT2D eigenvalue weighted by molar-refractivity contribution is 0.549. The van der Waals surface area contributed by atoms with E-state index in [1.165, 1.54) is 6.33 Å². The molecule has 2 aromatic rings. The van der Waals surface area contributed by atoms with Crippen molar-refractivity contribution in [2.45, 2.75) is 12.8 Å². The molecule has 1 aliphatic rings. The molecule has 1 aliphatic heterocycles. The van der Waals surface area contributed by atoms with Crippen LogP contribution in [0.5, 0.6) is 0 Å². The van der Waals surface area contributed by atoms with Crippen LogP contribution in [-0.4, -0.2) is 44.3 Å². The van der Waals surface area contributed by atoms with Crippen molar-refractivity contribution in [1.82, 2.24) is 24.8 Å². The predicted octanol–water partition coefficient (Wildman–Crippen LogP) is 0.402. The topological polar surface area (TPSA) is 90.0 Å². The third-order valence-corrected chi connectivity index (χ3v) is 2.85. The predicted molar refractivity (Wildman–Crippen MR) is 63.5 cm³/mol. The van der Waals surface area contributed by atoms with Crippen LogP contribution in [0.1, 0.15) is 12.8 Å². The van der Waals surface area contributed by atoms with Gasteiger partial charge < -0.3 is 9.88 Å². The molecule has 0 amide bonds. The zero-order valence-electron chi connectivity index (χ0n) is 9.40. The third-order valence-electron chi connectivity index (χ3n) is 2.85. The summed E-state index contributed by atoms with van der Waals surface area (Å²) in [6.07, 6.45) is 3.45. The van der Waals surface area contributed by atoms with E-state index in [2.05, 4.69) is 29.8 Å². The van der Waals surface area contributed by atoms with Gasteiger partial charge in [-0.1, -0.05) is 0 Å². The summed E-state index contributed by atoms with van der Waals surface area (Å²) in [5, 5.41) is 0. The van der Waals surface area contributed by atoms with Crippen LogP contribution in [0.15, 0.2) is 16.1 Å². The molecule has 17 heavy (non-hydrogen) atoms. The first-order chi connectivity index (χ1) is 8.24. The number of nitrogens with zero attached hydrogens (tertiary/aromatic N) is 4. The Kier molecular flexibility index (Phi) is 2.17. The summed E-state index contributed by atoms with van der Waals surface area (Å²) in [5.74, 6) is 1.27. The van der Waals surface area contributed by atoms with E-state index in [1.54, 1.807) is 0 Å². The van der Waals surface area contributed by atoms with Crippen LogP contribution in [0.4, 0.5) is 5.95 Å². The zero-order valence-corrected chi connectivity index (χ0v) is 9.40. The molecule has 7 nitrogen and oxygen atoms in total. The number of hydrogen-bond acceptors (Lipinski definition) is 4. The lowest BCUT2D eigenvalue weighted by Gasteiger charge is -2.10. The van der Waals surface area contributed by atoms with E-state index in [0.29, 0.717) is 17.1 Å².